The maximum atomic E-state index is 12.6. The zero-order valence-electron chi connectivity index (χ0n) is 14.9. The number of likely N-dealkylation sites (tertiary alicyclic amines) is 1. The molecule has 142 valence electrons. The van der Waals surface area contributed by atoms with Crippen molar-refractivity contribution in [2.45, 2.75) is 45.4 Å². The average molecular weight is 380 g/mol. The Morgan fingerprint density at radius 1 is 1.27 bits per heavy atom. The van der Waals surface area contributed by atoms with Crippen LogP contribution in [0.3, 0.4) is 0 Å². The van der Waals surface area contributed by atoms with E-state index < -0.39 is 17.9 Å². The first kappa shape index (κ1) is 18.7. The maximum Gasteiger partial charge on any atom is 0.341 e. The van der Waals surface area contributed by atoms with Crippen molar-refractivity contribution in [1.29, 1.82) is 0 Å². The summed E-state index contributed by atoms with van der Waals surface area (Å²) in [6.45, 7) is 2.64. The molecule has 1 aliphatic carbocycles. The maximum absolute atomic E-state index is 12.6. The van der Waals surface area contributed by atoms with Crippen LogP contribution in [0.5, 0.6) is 0 Å². The number of hydrogen-bond acceptors (Lipinski definition) is 5. The molecule has 0 aromatic carbocycles. The van der Waals surface area contributed by atoms with Crippen LogP contribution in [0, 0.1) is 5.92 Å². The highest BCUT2D eigenvalue weighted by molar-refractivity contribution is 7.17. The number of carbonyl (C=O) groups is 3. The van der Waals surface area contributed by atoms with E-state index in [1.165, 1.54) is 16.2 Å². The second kappa shape index (κ2) is 8.07. The average Bonchev–Trinajstić information content (AvgIpc) is 3.15. The number of amides is 2. The Hall–Kier alpha value is -2.09. The lowest BCUT2D eigenvalue weighted by molar-refractivity contribution is -0.141. The summed E-state index contributed by atoms with van der Waals surface area (Å²) >= 11 is 1.45. The number of carboxylic acid groups (broad SMARTS) is 1. The number of aryl methyl sites for hydroxylation is 1. The van der Waals surface area contributed by atoms with Gasteiger partial charge in [-0.1, -0.05) is 6.42 Å². The number of esters is 1. The summed E-state index contributed by atoms with van der Waals surface area (Å²) in [6.07, 6.45) is 5.42. The van der Waals surface area contributed by atoms with Crippen molar-refractivity contribution in [2.24, 2.45) is 5.92 Å². The van der Waals surface area contributed by atoms with Crippen LogP contribution in [-0.2, 0) is 22.4 Å². The number of nitrogens with zero attached hydrogens (tertiary/aromatic N) is 1. The normalized spacial score (nSPS) is 19.6. The summed E-state index contributed by atoms with van der Waals surface area (Å²) in [5, 5.41) is 12.5. The molecule has 2 heterocycles. The zero-order chi connectivity index (χ0) is 18.7. The fourth-order valence-corrected chi connectivity index (χ4v) is 4.84. The first-order chi connectivity index (χ1) is 12.5. The third-order valence-corrected chi connectivity index (χ3v) is 6.15. The lowest BCUT2D eigenvalue weighted by Gasteiger charge is -2.17. The highest BCUT2D eigenvalue weighted by Gasteiger charge is 2.32. The van der Waals surface area contributed by atoms with Gasteiger partial charge >= 0.3 is 18.0 Å². The van der Waals surface area contributed by atoms with Crippen LogP contribution in [0.15, 0.2) is 0 Å². The van der Waals surface area contributed by atoms with Crippen molar-refractivity contribution in [3.05, 3.63) is 16.0 Å². The predicted octanol–water partition coefficient (Wildman–Crippen LogP) is 3.13. The Morgan fingerprint density at radius 2 is 2.04 bits per heavy atom. The number of hydrogen-bond donors (Lipinski definition) is 2. The standard InChI is InChI=1S/C18H24N2O5S/c1-2-25-17(23)14-12-6-4-3-5-7-13(12)26-15(14)19-18(24)20-9-8-11(10-20)16(21)22/h11H,2-10H2,1H3,(H,19,24)(H,21,22). The minimum absolute atomic E-state index is 0.195. The molecule has 0 spiro atoms. The van der Waals surface area contributed by atoms with Gasteiger partial charge in [-0.05, 0) is 44.6 Å². The highest BCUT2D eigenvalue weighted by Crippen LogP contribution is 2.38. The van der Waals surface area contributed by atoms with Crippen molar-refractivity contribution in [2.75, 3.05) is 25.0 Å². The van der Waals surface area contributed by atoms with Crippen molar-refractivity contribution < 1.29 is 24.2 Å². The second-order valence-electron chi connectivity index (χ2n) is 6.69. The summed E-state index contributed by atoms with van der Waals surface area (Å²) < 4.78 is 5.21. The number of aliphatic carboxylic acids is 1. The smallest absolute Gasteiger partial charge is 0.341 e. The Morgan fingerprint density at radius 3 is 2.73 bits per heavy atom. The molecule has 2 amide bonds. The number of carbonyl (C=O) groups excluding carboxylic acids is 2. The summed E-state index contributed by atoms with van der Waals surface area (Å²) in [7, 11) is 0. The molecule has 0 radical (unpaired) electrons. The molecule has 0 saturated carbocycles. The number of thiophene rings is 1. The molecule has 26 heavy (non-hydrogen) atoms. The Kier molecular flexibility index (Phi) is 5.80. The minimum Gasteiger partial charge on any atom is -0.481 e. The van der Waals surface area contributed by atoms with E-state index in [-0.39, 0.29) is 19.2 Å². The molecule has 1 aromatic heterocycles. The number of fused-ring (bicyclic) bond motifs is 1. The molecule has 1 fully saturated rings. The van der Waals surface area contributed by atoms with Crippen LogP contribution in [-0.4, -0.2) is 47.7 Å². The minimum atomic E-state index is -0.879. The van der Waals surface area contributed by atoms with Gasteiger partial charge in [-0.25, -0.2) is 9.59 Å². The van der Waals surface area contributed by atoms with Gasteiger partial charge in [0.25, 0.3) is 0 Å². The number of rotatable bonds is 4. The molecule has 1 unspecified atom stereocenters. The molecule has 2 aliphatic rings. The Balaban J connectivity index is 1.81. The van der Waals surface area contributed by atoms with E-state index >= 15 is 0 Å². The fraction of sp³-hybridized carbons (Fsp3) is 0.611. The summed E-state index contributed by atoms with van der Waals surface area (Å²) in [5.41, 5.74) is 1.49. The molecular weight excluding hydrogens is 356 g/mol. The van der Waals surface area contributed by atoms with Gasteiger partial charge in [-0.2, -0.15) is 0 Å². The van der Waals surface area contributed by atoms with E-state index in [2.05, 4.69) is 5.32 Å². The van der Waals surface area contributed by atoms with Crippen molar-refractivity contribution in [3.63, 3.8) is 0 Å². The lowest BCUT2D eigenvalue weighted by atomic mass is 10.1. The topological polar surface area (TPSA) is 95.9 Å². The molecule has 3 rings (SSSR count). The lowest BCUT2D eigenvalue weighted by Crippen LogP contribution is -2.34. The predicted molar refractivity (Wildman–Crippen MR) is 97.9 cm³/mol. The SMILES string of the molecule is CCOC(=O)c1c(NC(=O)N2CCC(C(=O)O)C2)sc2c1CCCCC2. The summed E-state index contributed by atoms with van der Waals surface area (Å²) in [6, 6.07) is -0.351. The van der Waals surface area contributed by atoms with Crippen LogP contribution < -0.4 is 5.32 Å². The van der Waals surface area contributed by atoms with Crippen LogP contribution in [0.25, 0.3) is 0 Å². The number of nitrogens with one attached hydrogen (secondary N) is 1. The van der Waals surface area contributed by atoms with Gasteiger partial charge < -0.3 is 14.7 Å². The quantitative estimate of drug-likeness (QED) is 0.618. The summed E-state index contributed by atoms with van der Waals surface area (Å²) in [4.78, 5) is 38.8. The largest absolute Gasteiger partial charge is 0.481 e. The van der Waals surface area contributed by atoms with E-state index in [1.807, 2.05) is 0 Å². The molecule has 0 bridgehead atoms. The van der Waals surface area contributed by atoms with Gasteiger partial charge in [0, 0.05) is 18.0 Å². The van der Waals surface area contributed by atoms with E-state index in [9.17, 15) is 14.4 Å². The third kappa shape index (κ3) is 3.85. The first-order valence-corrected chi connectivity index (χ1v) is 9.93. The van der Waals surface area contributed by atoms with Crippen LogP contribution in [0.1, 0.15) is 53.4 Å². The molecule has 7 nitrogen and oxygen atoms in total. The van der Waals surface area contributed by atoms with Crippen LogP contribution >= 0.6 is 11.3 Å². The number of urea groups is 1. The van der Waals surface area contributed by atoms with Gasteiger partial charge in [0.15, 0.2) is 0 Å². The van der Waals surface area contributed by atoms with Crippen LogP contribution in [0.2, 0.25) is 0 Å². The van der Waals surface area contributed by atoms with Crippen LogP contribution in [0.4, 0.5) is 9.80 Å². The fourth-order valence-electron chi connectivity index (χ4n) is 3.57. The molecule has 1 saturated heterocycles. The number of anilines is 1. The molecule has 1 aromatic rings. The van der Waals surface area contributed by atoms with E-state index in [0.29, 0.717) is 23.5 Å². The first-order valence-electron chi connectivity index (χ1n) is 9.11. The van der Waals surface area contributed by atoms with Gasteiger partial charge in [0.2, 0.25) is 0 Å². The van der Waals surface area contributed by atoms with Crippen molar-refractivity contribution in [3.8, 4) is 0 Å². The third-order valence-electron chi connectivity index (χ3n) is 4.95. The van der Waals surface area contributed by atoms with Gasteiger partial charge in [0.1, 0.15) is 5.00 Å². The molecule has 1 aliphatic heterocycles. The monoisotopic (exact) mass is 380 g/mol. The highest BCUT2D eigenvalue weighted by atomic mass is 32.1. The number of carboxylic acids is 1. The summed E-state index contributed by atoms with van der Waals surface area (Å²) in [5.74, 6) is -1.80. The molecule has 2 N–H and O–H groups in total. The Labute approximate surface area is 156 Å². The van der Waals surface area contributed by atoms with Gasteiger partial charge in [-0.3, -0.25) is 10.1 Å². The molecule has 8 heteroatoms. The van der Waals surface area contributed by atoms with Crippen molar-refractivity contribution in [1.82, 2.24) is 4.90 Å². The van der Waals surface area contributed by atoms with Gasteiger partial charge in [-0.15, -0.1) is 11.3 Å². The molecule has 1 atom stereocenters. The zero-order valence-corrected chi connectivity index (χ0v) is 15.7. The molecular formula is C18H24N2O5S. The second-order valence-corrected chi connectivity index (χ2v) is 7.79. The van der Waals surface area contributed by atoms with E-state index in [4.69, 9.17) is 9.84 Å². The van der Waals surface area contributed by atoms with E-state index in [0.717, 1.165) is 42.5 Å². The van der Waals surface area contributed by atoms with Gasteiger partial charge in [0.05, 0.1) is 18.1 Å². The Bertz CT molecular complexity index is 715. The number of ether oxygens (including phenoxy) is 1. The van der Waals surface area contributed by atoms with Crippen molar-refractivity contribution >= 4 is 34.3 Å². The van der Waals surface area contributed by atoms with E-state index in [1.54, 1.807) is 6.92 Å².